The van der Waals surface area contributed by atoms with Crippen LogP contribution in [-0.4, -0.2) is 4.57 Å². The number of rotatable bonds is 7. The molecule has 0 amide bonds. The molecule has 3 nitrogen and oxygen atoms in total. The van der Waals surface area contributed by atoms with E-state index in [9.17, 15) is 0 Å². The van der Waals surface area contributed by atoms with E-state index in [1.807, 2.05) is 0 Å². The molecule has 0 spiro atoms. The monoisotopic (exact) mass is 778 g/mol. The molecule has 286 valence electrons. The van der Waals surface area contributed by atoms with E-state index in [0.29, 0.717) is 0 Å². The zero-order valence-corrected chi connectivity index (χ0v) is 33.2. The van der Waals surface area contributed by atoms with Crippen molar-refractivity contribution in [1.82, 2.24) is 4.57 Å². The summed E-state index contributed by atoms with van der Waals surface area (Å²) in [6.45, 7) is 0. The van der Waals surface area contributed by atoms with Crippen molar-refractivity contribution >= 4 is 71.6 Å². The number of aromatic nitrogens is 1. The molecule has 61 heavy (non-hydrogen) atoms. The van der Waals surface area contributed by atoms with E-state index in [1.165, 1.54) is 38.3 Å². The molecule has 0 saturated carbocycles. The molecular formula is C58H38N2O. The second-order valence-electron chi connectivity index (χ2n) is 15.7. The summed E-state index contributed by atoms with van der Waals surface area (Å²) in [6, 6.07) is 83.0. The minimum absolute atomic E-state index is 0.892. The van der Waals surface area contributed by atoms with Gasteiger partial charge in [0.05, 0.1) is 16.7 Å². The highest BCUT2D eigenvalue weighted by Gasteiger charge is 2.20. The normalized spacial score (nSPS) is 11.6. The Hall–Kier alpha value is -8.14. The molecule has 0 unspecified atom stereocenters. The Morgan fingerprint density at radius 3 is 1.85 bits per heavy atom. The summed E-state index contributed by atoms with van der Waals surface area (Å²) < 4.78 is 8.89. The van der Waals surface area contributed by atoms with Crippen molar-refractivity contribution in [3.05, 3.63) is 231 Å². The minimum Gasteiger partial charge on any atom is -0.455 e. The summed E-state index contributed by atoms with van der Waals surface area (Å²) in [5.41, 5.74) is 15.5. The van der Waals surface area contributed by atoms with Gasteiger partial charge in [-0.2, -0.15) is 0 Å². The third kappa shape index (κ3) is 5.90. The second kappa shape index (κ2) is 14.3. The first-order valence-electron chi connectivity index (χ1n) is 20.8. The lowest BCUT2D eigenvalue weighted by Crippen LogP contribution is -2.11. The SMILES string of the molecule is c1ccc(-c2ccc(N(c3cccc(-c4ccc5oc6c7ccccc7ccc6c5c4)c3)c3ccccc3-c3ccc4c5ccccc5n(-c5ccccc5)c4c3)cc2)cc1. The standard InChI is InChI=1S/C58H38N2O/c1-3-14-39(15-4-1)40-26-31-46(32-27-40)59(47-20-13-17-42(36-47)43-30-35-57-53(37-43)52-34-28-41-16-7-8-22-49(41)58(52)61-57)54-24-11-9-21-48(54)44-29-33-51-50-23-10-12-25-55(50)60(56(51)38-44)45-18-5-2-6-19-45/h1-38H. The van der Waals surface area contributed by atoms with Gasteiger partial charge >= 0.3 is 0 Å². The van der Waals surface area contributed by atoms with Crippen LogP contribution in [0.3, 0.4) is 0 Å². The maximum Gasteiger partial charge on any atom is 0.143 e. The molecule has 0 bridgehead atoms. The maximum absolute atomic E-state index is 6.50. The van der Waals surface area contributed by atoms with E-state index in [2.05, 4.69) is 240 Å². The summed E-state index contributed by atoms with van der Waals surface area (Å²) in [4.78, 5) is 2.41. The Balaban J connectivity index is 1.03. The Bertz CT molecular complexity index is 3580. The lowest BCUT2D eigenvalue weighted by molar-refractivity contribution is 0.672. The van der Waals surface area contributed by atoms with Crippen LogP contribution >= 0.6 is 0 Å². The van der Waals surface area contributed by atoms with E-state index >= 15 is 0 Å². The van der Waals surface area contributed by atoms with Crippen LogP contribution < -0.4 is 4.90 Å². The first kappa shape index (κ1) is 34.9. The van der Waals surface area contributed by atoms with Gasteiger partial charge in [-0.15, -0.1) is 0 Å². The lowest BCUT2D eigenvalue weighted by Gasteiger charge is -2.28. The predicted molar refractivity (Wildman–Crippen MR) is 257 cm³/mol. The van der Waals surface area contributed by atoms with Gasteiger partial charge in [-0.3, -0.25) is 0 Å². The number of furan rings is 1. The van der Waals surface area contributed by atoms with E-state index in [-0.39, 0.29) is 0 Å². The average molecular weight is 779 g/mol. The number of nitrogens with zero attached hydrogens (tertiary/aromatic N) is 2. The third-order valence-electron chi connectivity index (χ3n) is 12.2. The molecule has 10 aromatic carbocycles. The van der Waals surface area contributed by atoms with E-state index < -0.39 is 0 Å². The number of fused-ring (bicyclic) bond motifs is 8. The Morgan fingerprint density at radius 2 is 0.984 bits per heavy atom. The van der Waals surface area contributed by atoms with Crippen LogP contribution in [0.15, 0.2) is 235 Å². The predicted octanol–water partition coefficient (Wildman–Crippen LogP) is 16.3. The Labute approximate surface area is 353 Å². The lowest BCUT2D eigenvalue weighted by atomic mass is 9.98. The van der Waals surface area contributed by atoms with Crippen LogP contribution in [0.4, 0.5) is 17.1 Å². The molecule has 12 rings (SSSR count). The van der Waals surface area contributed by atoms with Crippen molar-refractivity contribution in [2.75, 3.05) is 4.90 Å². The van der Waals surface area contributed by atoms with Gasteiger partial charge in [-0.25, -0.2) is 0 Å². The molecular weight excluding hydrogens is 741 g/mol. The van der Waals surface area contributed by atoms with Gasteiger partial charge < -0.3 is 13.9 Å². The fourth-order valence-electron chi connectivity index (χ4n) is 9.28. The van der Waals surface area contributed by atoms with Gasteiger partial charge in [0, 0.05) is 49.6 Å². The van der Waals surface area contributed by atoms with Gasteiger partial charge in [0.15, 0.2) is 0 Å². The smallest absolute Gasteiger partial charge is 0.143 e. The van der Waals surface area contributed by atoms with Gasteiger partial charge in [0.2, 0.25) is 0 Å². The first-order chi connectivity index (χ1) is 30.2. The summed E-state index contributed by atoms with van der Waals surface area (Å²) >= 11 is 0. The van der Waals surface area contributed by atoms with Gasteiger partial charge in [0.1, 0.15) is 11.2 Å². The number of anilines is 3. The van der Waals surface area contributed by atoms with Crippen molar-refractivity contribution in [3.8, 4) is 39.1 Å². The van der Waals surface area contributed by atoms with Crippen molar-refractivity contribution in [2.24, 2.45) is 0 Å². The van der Waals surface area contributed by atoms with Gasteiger partial charge in [0.25, 0.3) is 0 Å². The average Bonchev–Trinajstić information content (AvgIpc) is 3.88. The van der Waals surface area contributed by atoms with Crippen LogP contribution in [0.2, 0.25) is 0 Å². The third-order valence-corrected chi connectivity index (χ3v) is 12.2. The largest absolute Gasteiger partial charge is 0.455 e. The second-order valence-corrected chi connectivity index (χ2v) is 15.7. The summed E-state index contributed by atoms with van der Waals surface area (Å²) in [6.07, 6.45) is 0. The molecule has 2 aromatic heterocycles. The summed E-state index contributed by atoms with van der Waals surface area (Å²) in [7, 11) is 0. The highest BCUT2D eigenvalue weighted by atomic mass is 16.3. The first-order valence-corrected chi connectivity index (χ1v) is 20.8. The van der Waals surface area contributed by atoms with Crippen LogP contribution in [0, 0.1) is 0 Å². The van der Waals surface area contributed by atoms with E-state index in [4.69, 9.17) is 4.42 Å². The highest BCUT2D eigenvalue weighted by molar-refractivity contribution is 6.16. The van der Waals surface area contributed by atoms with Crippen molar-refractivity contribution in [2.45, 2.75) is 0 Å². The number of benzene rings is 10. The summed E-state index contributed by atoms with van der Waals surface area (Å²) in [5.74, 6) is 0. The molecule has 12 aromatic rings. The van der Waals surface area contributed by atoms with Crippen molar-refractivity contribution in [3.63, 3.8) is 0 Å². The molecule has 0 atom stereocenters. The molecule has 0 aliphatic rings. The maximum atomic E-state index is 6.50. The molecule has 0 radical (unpaired) electrons. The minimum atomic E-state index is 0.892. The van der Waals surface area contributed by atoms with E-state index in [1.54, 1.807) is 0 Å². The molecule has 2 heterocycles. The molecule has 0 N–H and O–H groups in total. The van der Waals surface area contributed by atoms with Crippen molar-refractivity contribution < 1.29 is 4.42 Å². The van der Waals surface area contributed by atoms with Gasteiger partial charge in [-0.1, -0.05) is 158 Å². The number of para-hydroxylation sites is 3. The highest BCUT2D eigenvalue weighted by Crippen LogP contribution is 2.44. The van der Waals surface area contributed by atoms with Crippen LogP contribution in [0.5, 0.6) is 0 Å². The van der Waals surface area contributed by atoms with Gasteiger partial charge in [-0.05, 0) is 106 Å². The zero-order valence-electron chi connectivity index (χ0n) is 33.2. The van der Waals surface area contributed by atoms with Crippen LogP contribution in [0.25, 0.3) is 93.6 Å². The van der Waals surface area contributed by atoms with Crippen LogP contribution in [-0.2, 0) is 0 Å². The molecule has 0 aliphatic heterocycles. The molecule has 3 heteroatoms. The number of hydrogen-bond donors (Lipinski definition) is 0. The quantitative estimate of drug-likeness (QED) is 0.161. The summed E-state index contributed by atoms with van der Waals surface area (Å²) in [5, 5.41) is 7.03. The Morgan fingerprint density at radius 1 is 0.344 bits per heavy atom. The molecule has 0 saturated heterocycles. The van der Waals surface area contributed by atoms with Crippen LogP contribution in [0.1, 0.15) is 0 Å². The molecule has 0 aliphatic carbocycles. The molecule has 0 fully saturated rings. The zero-order chi connectivity index (χ0) is 40.3. The fraction of sp³-hybridized carbons (Fsp3) is 0. The fourth-order valence-corrected chi connectivity index (χ4v) is 9.28. The topological polar surface area (TPSA) is 21.3 Å². The van der Waals surface area contributed by atoms with Crippen molar-refractivity contribution in [1.29, 1.82) is 0 Å². The Kier molecular flexibility index (Phi) is 8.17. The number of hydrogen-bond acceptors (Lipinski definition) is 2. The van der Waals surface area contributed by atoms with E-state index in [0.717, 1.165) is 72.3 Å².